The van der Waals surface area contributed by atoms with Crippen molar-refractivity contribution in [2.24, 2.45) is 0 Å². The number of fused-ring (bicyclic) bond motifs is 2. The minimum atomic E-state index is -0.216. The highest BCUT2D eigenvalue weighted by Gasteiger charge is 2.31. The Labute approximate surface area is 189 Å². The summed E-state index contributed by atoms with van der Waals surface area (Å²) >= 11 is 12.5. The van der Waals surface area contributed by atoms with Crippen LogP contribution in [0.25, 0.3) is 11.0 Å². The lowest BCUT2D eigenvalue weighted by atomic mass is 9.96. The van der Waals surface area contributed by atoms with E-state index in [2.05, 4.69) is 22.2 Å². The number of H-pyrrole nitrogens is 1. The van der Waals surface area contributed by atoms with Crippen molar-refractivity contribution in [3.05, 3.63) is 51.8 Å². The number of amides is 1. The predicted octanol–water partition coefficient (Wildman–Crippen LogP) is 4.21. The Morgan fingerprint density at radius 2 is 1.97 bits per heavy atom. The summed E-state index contributed by atoms with van der Waals surface area (Å²) in [5, 5.41) is 4.15. The first kappa shape index (κ1) is 20.4. The average Bonchev–Trinajstić information content (AvgIpc) is 3.17. The van der Waals surface area contributed by atoms with E-state index in [1.54, 1.807) is 12.1 Å². The number of ether oxygens (including phenoxy) is 2. The molecule has 0 radical (unpaired) electrons. The van der Waals surface area contributed by atoms with Gasteiger partial charge < -0.3 is 19.8 Å². The van der Waals surface area contributed by atoms with E-state index in [0.717, 1.165) is 36.2 Å². The Morgan fingerprint density at radius 3 is 2.77 bits per heavy atom. The largest absolute Gasteiger partial charge is 0.486 e. The van der Waals surface area contributed by atoms with Crippen LogP contribution in [0.1, 0.15) is 35.1 Å². The van der Waals surface area contributed by atoms with Crippen molar-refractivity contribution in [2.75, 3.05) is 26.8 Å². The molecule has 2 aromatic carbocycles. The third kappa shape index (κ3) is 4.05. The highest BCUT2D eigenvalue weighted by molar-refractivity contribution is 6.34. The van der Waals surface area contributed by atoms with Gasteiger partial charge in [-0.3, -0.25) is 9.69 Å². The summed E-state index contributed by atoms with van der Waals surface area (Å²) < 4.78 is 11.1. The molecular formula is C22H22Cl2N4O3. The molecule has 0 spiro atoms. The Balaban J connectivity index is 1.33. The van der Waals surface area contributed by atoms with Crippen molar-refractivity contribution < 1.29 is 14.3 Å². The number of carbonyl (C=O) groups excluding carboxylic acids is 1. The summed E-state index contributed by atoms with van der Waals surface area (Å²) in [4.78, 5) is 23.4. The summed E-state index contributed by atoms with van der Waals surface area (Å²) in [6.07, 6.45) is 1.57. The number of nitrogens with one attached hydrogen (secondary N) is 2. The summed E-state index contributed by atoms with van der Waals surface area (Å²) in [6.45, 7) is 1.76. The van der Waals surface area contributed by atoms with Gasteiger partial charge in [0.2, 0.25) is 0 Å². The smallest absolute Gasteiger partial charge is 0.253 e. The normalized spacial score (nSPS) is 21.3. The zero-order valence-corrected chi connectivity index (χ0v) is 18.5. The maximum absolute atomic E-state index is 13.0. The van der Waals surface area contributed by atoms with Gasteiger partial charge in [0.25, 0.3) is 5.91 Å². The van der Waals surface area contributed by atoms with Gasteiger partial charge in [-0.25, -0.2) is 4.98 Å². The first-order valence-electron chi connectivity index (χ1n) is 10.2. The lowest BCUT2D eigenvalue weighted by Gasteiger charge is -2.36. The minimum Gasteiger partial charge on any atom is -0.486 e. The molecule has 1 saturated heterocycles. The van der Waals surface area contributed by atoms with Gasteiger partial charge in [-0.15, -0.1) is 0 Å². The van der Waals surface area contributed by atoms with E-state index in [4.69, 9.17) is 37.7 Å². The molecule has 1 fully saturated rings. The van der Waals surface area contributed by atoms with Crippen molar-refractivity contribution in [1.82, 2.24) is 20.2 Å². The van der Waals surface area contributed by atoms with E-state index in [9.17, 15) is 4.79 Å². The van der Waals surface area contributed by atoms with Gasteiger partial charge >= 0.3 is 0 Å². The number of piperidine rings is 1. The van der Waals surface area contributed by atoms with E-state index in [-0.39, 0.29) is 18.0 Å². The highest BCUT2D eigenvalue weighted by atomic mass is 35.5. The molecule has 2 N–H and O–H groups in total. The first-order chi connectivity index (χ1) is 15.0. The van der Waals surface area contributed by atoms with Crippen LogP contribution in [0, 0.1) is 0 Å². The Bertz CT molecular complexity index is 1150. The zero-order chi connectivity index (χ0) is 21.5. The van der Waals surface area contributed by atoms with Gasteiger partial charge in [0, 0.05) is 23.7 Å². The molecule has 2 aliphatic rings. The second kappa shape index (κ2) is 8.22. The third-order valence-corrected chi connectivity index (χ3v) is 6.41. The number of rotatable bonds is 3. The molecule has 3 heterocycles. The number of carbonyl (C=O) groups is 1. The van der Waals surface area contributed by atoms with Crippen LogP contribution < -0.4 is 14.8 Å². The van der Waals surface area contributed by atoms with Crippen molar-refractivity contribution in [2.45, 2.75) is 24.9 Å². The molecule has 5 rings (SSSR count). The summed E-state index contributed by atoms with van der Waals surface area (Å²) in [6, 6.07) is 8.96. The molecule has 162 valence electrons. The van der Waals surface area contributed by atoms with Gasteiger partial charge in [0.15, 0.2) is 11.5 Å². The summed E-state index contributed by atoms with van der Waals surface area (Å²) in [7, 11) is 2.07. The molecule has 31 heavy (non-hydrogen) atoms. The molecule has 3 aromatic rings. The van der Waals surface area contributed by atoms with E-state index in [1.165, 1.54) is 0 Å². The van der Waals surface area contributed by atoms with Crippen LogP contribution in [0.15, 0.2) is 30.3 Å². The lowest BCUT2D eigenvalue weighted by Crippen LogP contribution is -2.45. The molecular weight excluding hydrogens is 439 g/mol. The number of hydrogen-bond acceptors (Lipinski definition) is 5. The fraction of sp³-hybridized carbons (Fsp3) is 0.364. The van der Waals surface area contributed by atoms with E-state index < -0.39 is 0 Å². The Kier molecular flexibility index (Phi) is 5.42. The lowest BCUT2D eigenvalue weighted by molar-refractivity contribution is 0.0883. The molecule has 7 nitrogen and oxygen atoms in total. The number of aromatic amines is 1. The third-order valence-electron chi connectivity index (χ3n) is 5.86. The van der Waals surface area contributed by atoms with Crippen LogP contribution in [-0.2, 0) is 0 Å². The van der Waals surface area contributed by atoms with Crippen LogP contribution in [0.4, 0.5) is 0 Å². The van der Waals surface area contributed by atoms with Crippen molar-refractivity contribution in [3.8, 4) is 11.5 Å². The zero-order valence-electron chi connectivity index (χ0n) is 17.0. The first-order valence-corrected chi connectivity index (χ1v) is 11.0. The summed E-state index contributed by atoms with van der Waals surface area (Å²) in [5.41, 5.74) is 2.17. The molecule has 1 amide bonds. The van der Waals surface area contributed by atoms with Crippen LogP contribution >= 0.6 is 23.2 Å². The topological polar surface area (TPSA) is 79.5 Å². The number of imidazole rings is 1. The number of likely N-dealkylation sites (tertiary alicyclic amines) is 1. The van der Waals surface area contributed by atoms with E-state index in [0.29, 0.717) is 40.3 Å². The highest BCUT2D eigenvalue weighted by Crippen LogP contribution is 2.36. The number of aromatic nitrogens is 2. The van der Waals surface area contributed by atoms with Gasteiger partial charge in [0.05, 0.1) is 27.7 Å². The maximum Gasteiger partial charge on any atom is 0.253 e. The number of hydrogen-bond donors (Lipinski definition) is 2. The molecule has 2 aliphatic heterocycles. The molecule has 0 aliphatic carbocycles. The average molecular weight is 461 g/mol. The quantitative estimate of drug-likeness (QED) is 0.611. The van der Waals surface area contributed by atoms with Crippen molar-refractivity contribution in [3.63, 3.8) is 0 Å². The van der Waals surface area contributed by atoms with E-state index in [1.807, 2.05) is 18.2 Å². The number of halogens is 2. The monoisotopic (exact) mass is 460 g/mol. The molecule has 1 aromatic heterocycles. The predicted molar refractivity (Wildman–Crippen MR) is 119 cm³/mol. The van der Waals surface area contributed by atoms with E-state index >= 15 is 0 Å². The van der Waals surface area contributed by atoms with Crippen LogP contribution in [-0.4, -0.2) is 53.6 Å². The SMILES string of the molecule is CN1CCC(NC(=O)c2cc3c(cc2Cl)OCCO3)CC1c1nc2ccc(Cl)cc2[nH]1. The van der Waals surface area contributed by atoms with Crippen LogP contribution in [0.2, 0.25) is 10.0 Å². The standard InChI is InChI=1S/C22H22Cl2N4O3/c1-28-5-4-13(9-18(28)21-26-16-3-2-12(23)8-17(16)27-21)25-22(29)14-10-19-20(11-15(14)24)31-7-6-30-19/h2-3,8,10-11,13,18H,4-7,9H2,1H3,(H,25,29)(H,26,27). The Hall–Kier alpha value is -2.48. The fourth-order valence-electron chi connectivity index (χ4n) is 4.19. The molecule has 0 saturated carbocycles. The van der Waals surface area contributed by atoms with Gasteiger partial charge in [-0.05, 0) is 44.2 Å². The minimum absolute atomic E-state index is 0.00484. The second-order valence-corrected chi connectivity index (χ2v) is 8.79. The van der Waals surface area contributed by atoms with Crippen LogP contribution in [0.5, 0.6) is 11.5 Å². The summed E-state index contributed by atoms with van der Waals surface area (Å²) in [5.74, 6) is 1.77. The van der Waals surface area contributed by atoms with Crippen molar-refractivity contribution in [1.29, 1.82) is 0 Å². The fourth-order valence-corrected chi connectivity index (χ4v) is 4.61. The van der Waals surface area contributed by atoms with Crippen molar-refractivity contribution >= 4 is 40.1 Å². The molecule has 0 bridgehead atoms. The van der Waals surface area contributed by atoms with Gasteiger partial charge in [-0.2, -0.15) is 0 Å². The number of nitrogens with zero attached hydrogens (tertiary/aromatic N) is 2. The van der Waals surface area contributed by atoms with Crippen LogP contribution in [0.3, 0.4) is 0 Å². The Morgan fingerprint density at radius 1 is 1.19 bits per heavy atom. The number of benzene rings is 2. The van der Waals surface area contributed by atoms with Gasteiger partial charge in [-0.1, -0.05) is 23.2 Å². The maximum atomic E-state index is 13.0. The molecule has 2 unspecified atom stereocenters. The second-order valence-electron chi connectivity index (χ2n) is 7.95. The molecule has 2 atom stereocenters. The van der Waals surface area contributed by atoms with Gasteiger partial charge in [0.1, 0.15) is 19.0 Å². The molecule has 9 heteroatoms.